The van der Waals surface area contributed by atoms with Crippen molar-refractivity contribution >= 4 is 23.4 Å². The molecule has 0 spiro atoms. The molecule has 0 unspecified atom stereocenters. The summed E-state index contributed by atoms with van der Waals surface area (Å²) in [6, 6.07) is 8.95. The Morgan fingerprint density at radius 3 is 2.67 bits per heavy atom. The van der Waals surface area contributed by atoms with Gasteiger partial charge < -0.3 is 10.5 Å². The molecule has 2 aromatic rings. The second kappa shape index (κ2) is 5.55. The molecule has 0 atom stereocenters. The fraction of sp³-hybridized carbons (Fsp3) is 0.0769. The lowest BCUT2D eigenvalue weighted by molar-refractivity contribution is 0.0597. The second-order valence-corrected chi connectivity index (χ2v) is 4.65. The van der Waals surface area contributed by atoms with Crippen molar-refractivity contribution < 1.29 is 9.53 Å². The summed E-state index contributed by atoms with van der Waals surface area (Å²) in [5, 5.41) is 0. The first-order chi connectivity index (χ1) is 8.70. The Morgan fingerprint density at radius 2 is 2.00 bits per heavy atom. The Labute approximate surface area is 109 Å². The molecule has 1 aromatic heterocycles. The first-order valence-electron chi connectivity index (χ1n) is 5.26. The van der Waals surface area contributed by atoms with E-state index in [1.807, 2.05) is 18.2 Å². The lowest BCUT2D eigenvalue weighted by Gasteiger charge is -2.08. The molecule has 0 saturated heterocycles. The Balaban J connectivity index is 2.35. The third kappa shape index (κ3) is 2.81. The number of ether oxygens (including phenoxy) is 1. The number of benzene rings is 1. The summed E-state index contributed by atoms with van der Waals surface area (Å²) >= 11 is 1.47. The van der Waals surface area contributed by atoms with Crippen LogP contribution in [-0.2, 0) is 4.74 Å². The van der Waals surface area contributed by atoms with Crippen molar-refractivity contribution in [1.29, 1.82) is 0 Å². The molecule has 0 bridgehead atoms. The topological polar surface area (TPSA) is 65.2 Å². The highest BCUT2D eigenvalue weighted by molar-refractivity contribution is 7.99. The van der Waals surface area contributed by atoms with Gasteiger partial charge in [0.05, 0.1) is 12.7 Å². The Bertz CT molecular complexity index is 558. The monoisotopic (exact) mass is 260 g/mol. The Morgan fingerprint density at radius 1 is 1.28 bits per heavy atom. The summed E-state index contributed by atoms with van der Waals surface area (Å²) < 4.78 is 4.75. The van der Waals surface area contributed by atoms with Crippen molar-refractivity contribution in [1.82, 2.24) is 4.98 Å². The van der Waals surface area contributed by atoms with Gasteiger partial charge in [0.15, 0.2) is 0 Å². The van der Waals surface area contributed by atoms with E-state index in [-0.39, 0.29) is 5.97 Å². The zero-order valence-corrected chi connectivity index (χ0v) is 10.6. The molecule has 1 heterocycles. The normalized spacial score (nSPS) is 10.1. The smallest absolute Gasteiger partial charge is 0.339 e. The lowest BCUT2D eigenvalue weighted by Crippen LogP contribution is -2.04. The summed E-state index contributed by atoms with van der Waals surface area (Å²) in [5.41, 5.74) is 6.69. The molecular formula is C13H12N2O2S. The number of rotatable bonds is 3. The van der Waals surface area contributed by atoms with Gasteiger partial charge in [0.25, 0.3) is 0 Å². The van der Waals surface area contributed by atoms with Crippen LogP contribution >= 0.6 is 11.8 Å². The molecule has 0 saturated carbocycles. The molecule has 5 heteroatoms. The largest absolute Gasteiger partial charge is 0.465 e. The van der Waals surface area contributed by atoms with Gasteiger partial charge in [-0.3, -0.25) is 4.98 Å². The number of nitrogens with zero attached hydrogens (tertiary/aromatic N) is 1. The number of nitrogen functional groups attached to an aromatic ring is 1. The minimum atomic E-state index is -0.390. The number of nitrogens with two attached hydrogens (primary N) is 1. The van der Waals surface area contributed by atoms with E-state index in [0.717, 1.165) is 9.79 Å². The van der Waals surface area contributed by atoms with E-state index in [0.29, 0.717) is 11.3 Å². The van der Waals surface area contributed by atoms with Crippen LogP contribution in [0, 0.1) is 0 Å². The predicted octanol–water partition coefficient (Wildman–Crippen LogP) is 2.60. The van der Waals surface area contributed by atoms with Crippen molar-refractivity contribution in [3.63, 3.8) is 0 Å². The summed E-state index contributed by atoms with van der Waals surface area (Å²) in [5.74, 6) is -0.390. The molecule has 0 aliphatic rings. The molecule has 4 nitrogen and oxygen atoms in total. The van der Waals surface area contributed by atoms with Crippen LogP contribution in [-0.4, -0.2) is 18.1 Å². The first kappa shape index (κ1) is 12.4. The quantitative estimate of drug-likeness (QED) is 0.678. The zero-order chi connectivity index (χ0) is 13.0. The van der Waals surface area contributed by atoms with Crippen molar-refractivity contribution in [3.8, 4) is 0 Å². The fourth-order valence-electron chi connectivity index (χ4n) is 1.44. The molecule has 18 heavy (non-hydrogen) atoms. The highest BCUT2D eigenvalue weighted by Crippen LogP contribution is 2.31. The summed E-state index contributed by atoms with van der Waals surface area (Å²) in [6.07, 6.45) is 3.41. The maximum Gasteiger partial charge on any atom is 0.339 e. The highest BCUT2D eigenvalue weighted by atomic mass is 32.2. The van der Waals surface area contributed by atoms with Crippen molar-refractivity contribution in [3.05, 3.63) is 48.3 Å². The Kier molecular flexibility index (Phi) is 3.84. The number of carbonyl (C=O) groups is 1. The number of anilines is 1. The fourth-order valence-corrected chi connectivity index (χ4v) is 2.34. The van der Waals surface area contributed by atoms with Gasteiger partial charge in [0, 0.05) is 27.9 Å². The average molecular weight is 260 g/mol. The van der Waals surface area contributed by atoms with Gasteiger partial charge in [0.1, 0.15) is 0 Å². The highest BCUT2D eigenvalue weighted by Gasteiger charge is 2.13. The number of methoxy groups -OCH3 is 1. The van der Waals surface area contributed by atoms with Crippen LogP contribution in [0.2, 0.25) is 0 Å². The van der Waals surface area contributed by atoms with Crippen LogP contribution < -0.4 is 5.73 Å². The third-order valence-corrected chi connectivity index (χ3v) is 3.37. The Hall–Kier alpha value is -2.01. The van der Waals surface area contributed by atoms with Crippen molar-refractivity contribution in [2.45, 2.75) is 9.79 Å². The first-order valence-corrected chi connectivity index (χ1v) is 6.08. The van der Waals surface area contributed by atoms with Gasteiger partial charge in [-0.25, -0.2) is 4.79 Å². The van der Waals surface area contributed by atoms with Gasteiger partial charge in [-0.2, -0.15) is 0 Å². The number of esters is 1. The number of pyridine rings is 1. The van der Waals surface area contributed by atoms with Crippen LogP contribution in [0.25, 0.3) is 0 Å². The average Bonchev–Trinajstić information content (AvgIpc) is 2.41. The molecule has 0 radical (unpaired) electrons. The van der Waals surface area contributed by atoms with Crippen LogP contribution in [0.4, 0.5) is 5.69 Å². The summed E-state index contributed by atoms with van der Waals surface area (Å²) in [7, 11) is 1.35. The van der Waals surface area contributed by atoms with Crippen LogP contribution in [0.5, 0.6) is 0 Å². The number of aromatic nitrogens is 1. The van der Waals surface area contributed by atoms with E-state index >= 15 is 0 Å². The lowest BCUT2D eigenvalue weighted by atomic mass is 10.2. The van der Waals surface area contributed by atoms with Crippen molar-refractivity contribution in [2.24, 2.45) is 0 Å². The maximum atomic E-state index is 11.7. The molecule has 0 fully saturated rings. The number of hydrogen-bond acceptors (Lipinski definition) is 5. The van der Waals surface area contributed by atoms with Gasteiger partial charge >= 0.3 is 5.97 Å². The minimum Gasteiger partial charge on any atom is -0.465 e. The maximum absolute atomic E-state index is 11.7. The number of carbonyl (C=O) groups excluding carboxylic acids is 1. The predicted molar refractivity (Wildman–Crippen MR) is 70.6 cm³/mol. The molecule has 2 N–H and O–H groups in total. The van der Waals surface area contributed by atoms with Gasteiger partial charge in [-0.05, 0) is 30.3 Å². The van der Waals surface area contributed by atoms with E-state index in [2.05, 4.69) is 4.98 Å². The van der Waals surface area contributed by atoms with E-state index in [1.54, 1.807) is 24.5 Å². The molecule has 0 aliphatic heterocycles. The summed E-state index contributed by atoms with van der Waals surface area (Å²) in [6.45, 7) is 0. The van der Waals surface area contributed by atoms with Gasteiger partial charge in [-0.1, -0.05) is 11.8 Å². The molecular weight excluding hydrogens is 248 g/mol. The second-order valence-electron chi connectivity index (χ2n) is 3.53. The zero-order valence-electron chi connectivity index (χ0n) is 9.79. The SMILES string of the molecule is COC(=O)c1cc(N)ccc1Sc1ccncc1. The van der Waals surface area contributed by atoms with Gasteiger partial charge in [-0.15, -0.1) is 0 Å². The third-order valence-electron chi connectivity index (χ3n) is 2.29. The van der Waals surface area contributed by atoms with Crippen LogP contribution in [0.15, 0.2) is 52.5 Å². The molecule has 1 aromatic carbocycles. The van der Waals surface area contributed by atoms with E-state index in [1.165, 1.54) is 18.9 Å². The van der Waals surface area contributed by atoms with Gasteiger partial charge in [0.2, 0.25) is 0 Å². The van der Waals surface area contributed by atoms with Crippen LogP contribution in [0.1, 0.15) is 10.4 Å². The van der Waals surface area contributed by atoms with E-state index in [4.69, 9.17) is 10.5 Å². The minimum absolute atomic E-state index is 0.390. The standard InChI is InChI=1S/C13H12N2O2S/c1-17-13(16)11-8-9(14)2-3-12(11)18-10-4-6-15-7-5-10/h2-8H,14H2,1H3. The van der Waals surface area contributed by atoms with Crippen molar-refractivity contribution in [2.75, 3.05) is 12.8 Å². The van der Waals surface area contributed by atoms with Crippen LogP contribution in [0.3, 0.4) is 0 Å². The number of hydrogen-bond donors (Lipinski definition) is 1. The molecule has 92 valence electrons. The molecule has 0 aliphatic carbocycles. The summed E-state index contributed by atoms with van der Waals surface area (Å²) in [4.78, 5) is 17.4. The van der Waals surface area contributed by atoms with E-state index < -0.39 is 0 Å². The molecule has 2 rings (SSSR count). The van der Waals surface area contributed by atoms with E-state index in [9.17, 15) is 4.79 Å². The molecule has 0 amide bonds.